The molecule has 0 spiro atoms. The second kappa shape index (κ2) is 8.00. The van der Waals surface area contributed by atoms with Gasteiger partial charge in [-0.3, -0.25) is 4.79 Å². The summed E-state index contributed by atoms with van der Waals surface area (Å²) < 4.78 is 40.6. The molecule has 174 valence electrons. The van der Waals surface area contributed by atoms with Gasteiger partial charge in [0, 0.05) is 10.9 Å². The van der Waals surface area contributed by atoms with Crippen LogP contribution in [0.1, 0.15) is 31.4 Å². The second-order valence-corrected chi connectivity index (χ2v) is 10.8. The molecule has 4 rings (SSSR count). The Kier molecular flexibility index (Phi) is 5.58. The number of hydrogen-bond donors (Lipinski definition) is 2. The van der Waals surface area contributed by atoms with Crippen LogP contribution in [0.3, 0.4) is 0 Å². The molecular weight excluding hydrogens is 442 g/mol. The zero-order valence-corrected chi connectivity index (χ0v) is 19.8. The van der Waals surface area contributed by atoms with Crippen LogP contribution in [0, 0.1) is 12.3 Å². The SMILES string of the molecule is COc1ccc(C)cc1[C@@]1(C(=O)NS(=O)(=O)c2cccc3nc(N)ccc23)CC(C)(C)CO1. The number of pyridine rings is 1. The Hall–Kier alpha value is -3.17. The van der Waals surface area contributed by atoms with Crippen LogP contribution in [-0.2, 0) is 25.2 Å². The van der Waals surface area contributed by atoms with Gasteiger partial charge in [0.2, 0.25) is 0 Å². The summed E-state index contributed by atoms with van der Waals surface area (Å²) in [6.07, 6.45) is 0.287. The number of nitrogens with two attached hydrogens (primary N) is 1. The van der Waals surface area contributed by atoms with E-state index in [-0.39, 0.29) is 29.2 Å². The van der Waals surface area contributed by atoms with Gasteiger partial charge in [-0.2, -0.15) is 0 Å². The molecule has 33 heavy (non-hydrogen) atoms. The number of benzene rings is 2. The highest BCUT2D eigenvalue weighted by Gasteiger charge is 2.53. The van der Waals surface area contributed by atoms with Crippen molar-refractivity contribution in [1.29, 1.82) is 0 Å². The molecule has 0 bridgehead atoms. The molecule has 0 aliphatic carbocycles. The Morgan fingerprint density at radius 2 is 1.94 bits per heavy atom. The van der Waals surface area contributed by atoms with Crippen LogP contribution in [0.5, 0.6) is 5.75 Å². The van der Waals surface area contributed by atoms with E-state index in [1.165, 1.54) is 19.2 Å². The molecule has 1 amide bonds. The van der Waals surface area contributed by atoms with Crippen molar-refractivity contribution in [2.75, 3.05) is 19.5 Å². The van der Waals surface area contributed by atoms with Gasteiger partial charge >= 0.3 is 0 Å². The number of nitrogens with one attached hydrogen (secondary N) is 1. The van der Waals surface area contributed by atoms with Gasteiger partial charge in [-0.05, 0) is 55.2 Å². The number of amides is 1. The molecule has 1 aromatic heterocycles. The fourth-order valence-corrected chi connectivity index (χ4v) is 5.55. The molecule has 0 saturated carbocycles. The molecule has 1 saturated heterocycles. The first-order valence-corrected chi connectivity index (χ1v) is 12.0. The fourth-order valence-electron chi connectivity index (χ4n) is 4.31. The lowest BCUT2D eigenvalue weighted by atomic mass is 9.79. The fraction of sp³-hybridized carbons (Fsp3) is 0.333. The van der Waals surface area contributed by atoms with Crippen LogP contribution in [-0.4, -0.2) is 33.0 Å². The summed E-state index contributed by atoms with van der Waals surface area (Å²) in [4.78, 5) is 17.8. The number of methoxy groups -OCH3 is 1. The highest BCUT2D eigenvalue weighted by Crippen LogP contribution is 2.48. The maximum atomic E-state index is 13.7. The van der Waals surface area contributed by atoms with Gasteiger partial charge in [0.15, 0.2) is 5.60 Å². The van der Waals surface area contributed by atoms with Crippen molar-refractivity contribution in [3.63, 3.8) is 0 Å². The lowest BCUT2D eigenvalue weighted by Gasteiger charge is -2.30. The lowest BCUT2D eigenvalue weighted by Crippen LogP contribution is -2.47. The average molecular weight is 470 g/mol. The number of nitrogen functional groups attached to an aromatic ring is 1. The predicted molar refractivity (Wildman–Crippen MR) is 125 cm³/mol. The molecular formula is C24H27N3O5S. The first kappa shape index (κ1) is 23.0. The van der Waals surface area contributed by atoms with Crippen molar-refractivity contribution in [2.45, 2.75) is 37.7 Å². The van der Waals surface area contributed by atoms with E-state index >= 15 is 0 Å². The van der Waals surface area contributed by atoms with E-state index in [0.717, 1.165) is 5.56 Å². The van der Waals surface area contributed by atoms with Gasteiger partial charge in [0.25, 0.3) is 15.9 Å². The molecule has 1 aliphatic heterocycles. The number of rotatable bonds is 5. The quantitative estimate of drug-likeness (QED) is 0.588. The Morgan fingerprint density at radius 1 is 1.18 bits per heavy atom. The molecule has 8 nitrogen and oxygen atoms in total. The maximum Gasteiger partial charge on any atom is 0.270 e. The molecule has 9 heteroatoms. The number of carbonyl (C=O) groups is 1. The summed E-state index contributed by atoms with van der Waals surface area (Å²) >= 11 is 0. The van der Waals surface area contributed by atoms with Crippen LogP contribution in [0.25, 0.3) is 10.9 Å². The van der Waals surface area contributed by atoms with E-state index in [2.05, 4.69) is 9.71 Å². The van der Waals surface area contributed by atoms with E-state index in [4.69, 9.17) is 15.2 Å². The molecule has 1 aliphatic rings. The molecule has 2 aromatic carbocycles. The van der Waals surface area contributed by atoms with Crippen molar-refractivity contribution in [3.8, 4) is 5.75 Å². The maximum absolute atomic E-state index is 13.7. The third-order valence-electron chi connectivity index (χ3n) is 5.82. The molecule has 1 fully saturated rings. The smallest absolute Gasteiger partial charge is 0.270 e. The second-order valence-electron chi connectivity index (χ2n) is 9.15. The minimum Gasteiger partial charge on any atom is -0.496 e. The highest BCUT2D eigenvalue weighted by atomic mass is 32.2. The minimum absolute atomic E-state index is 0.0653. The zero-order valence-electron chi connectivity index (χ0n) is 19.0. The summed E-state index contributed by atoms with van der Waals surface area (Å²) in [7, 11) is -2.75. The highest BCUT2D eigenvalue weighted by molar-refractivity contribution is 7.90. The molecule has 3 N–H and O–H groups in total. The Bertz CT molecular complexity index is 1350. The number of hydrogen-bond acceptors (Lipinski definition) is 7. The first-order chi connectivity index (χ1) is 15.5. The van der Waals surface area contributed by atoms with E-state index in [9.17, 15) is 13.2 Å². The first-order valence-electron chi connectivity index (χ1n) is 10.5. The van der Waals surface area contributed by atoms with E-state index in [1.807, 2.05) is 26.8 Å². The third-order valence-corrected chi connectivity index (χ3v) is 7.21. The van der Waals surface area contributed by atoms with Crippen molar-refractivity contribution >= 4 is 32.7 Å². The molecule has 0 unspecified atom stereocenters. The van der Waals surface area contributed by atoms with Crippen molar-refractivity contribution < 1.29 is 22.7 Å². The minimum atomic E-state index is -4.25. The van der Waals surface area contributed by atoms with Crippen LogP contribution in [0.15, 0.2) is 53.4 Å². The largest absolute Gasteiger partial charge is 0.496 e. The predicted octanol–water partition coefficient (Wildman–Crippen LogP) is 3.28. The Morgan fingerprint density at radius 3 is 2.61 bits per heavy atom. The van der Waals surface area contributed by atoms with E-state index in [1.54, 1.807) is 30.3 Å². The van der Waals surface area contributed by atoms with Crippen molar-refractivity contribution in [2.24, 2.45) is 5.41 Å². The van der Waals surface area contributed by atoms with Gasteiger partial charge in [-0.1, -0.05) is 31.5 Å². The molecule has 1 atom stereocenters. The van der Waals surface area contributed by atoms with E-state index in [0.29, 0.717) is 22.2 Å². The zero-order chi connectivity index (χ0) is 24.0. The number of sulfonamides is 1. The van der Waals surface area contributed by atoms with Gasteiger partial charge in [0.05, 0.1) is 24.1 Å². The standard InChI is InChI=1S/C24H27N3O5S/c1-15-8-10-19(31-4)17(12-15)24(13-23(2,3)14-32-24)22(28)27-33(29,30)20-7-5-6-18-16(20)9-11-21(25)26-18/h5-12H,13-14H2,1-4H3,(H2,25,26)(H,27,28)/t24-/m1/s1. The van der Waals surface area contributed by atoms with Crippen LogP contribution in [0.4, 0.5) is 5.82 Å². The van der Waals surface area contributed by atoms with E-state index < -0.39 is 21.5 Å². The lowest BCUT2D eigenvalue weighted by molar-refractivity contribution is -0.140. The monoisotopic (exact) mass is 469 g/mol. The summed E-state index contributed by atoms with van der Waals surface area (Å²) in [5.74, 6) is -0.0405. The molecule has 3 aromatic rings. The number of aryl methyl sites for hydroxylation is 1. The summed E-state index contributed by atoms with van der Waals surface area (Å²) in [6.45, 7) is 6.12. The summed E-state index contributed by atoms with van der Waals surface area (Å²) in [5, 5.41) is 0.363. The summed E-state index contributed by atoms with van der Waals surface area (Å²) in [6, 6.07) is 13.2. The Balaban J connectivity index is 1.80. The Labute approximate surface area is 193 Å². The van der Waals surface area contributed by atoms with Crippen molar-refractivity contribution in [3.05, 3.63) is 59.7 Å². The summed E-state index contributed by atoms with van der Waals surface area (Å²) in [5.41, 5.74) is 5.66. The van der Waals surface area contributed by atoms with Gasteiger partial charge < -0.3 is 15.2 Å². The number of fused-ring (bicyclic) bond motifs is 1. The van der Waals surface area contributed by atoms with Crippen LogP contribution >= 0.6 is 0 Å². The number of anilines is 1. The van der Waals surface area contributed by atoms with Gasteiger partial charge in [0.1, 0.15) is 11.6 Å². The third kappa shape index (κ3) is 4.14. The number of nitrogens with zero attached hydrogens (tertiary/aromatic N) is 1. The number of aromatic nitrogens is 1. The van der Waals surface area contributed by atoms with Crippen molar-refractivity contribution in [1.82, 2.24) is 9.71 Å². The normalized spacial score (nSPS) is 20.0. The number of carbonyl (C=O) groups excluding carboxylic acids is 1. The van der Waals surface area contributed by atoms with Crippen LogP contribution in [0.2, 0.25) is 0 Å². The molecule has 2 heterocycles. The number of ether oxygens (including phenoxy) is 2. The topological polar surface area (TPSA) is 121 Å². The van der Waals surface area contributed by atoms with Gasteiger partial charge in [-0.15, -0.1) is 0 Å². The van der Waals surface area contributed by atoms with Crippen LogP contribution < -0.4 is 15.2 Å². The van der Waals surface area contributed by atoms with Gasteiger partial charge in [-0.25, -0.2) is 18.1 Å². The average Bonchev–Trinajstić information content (AvgIpc) is 3.09. The molecule has 0 radical (unpaired) electrons.